The number of benzene rings is 1. The summed E-state index contributed by atoms with van der Waals surface area (Å²) in [6.07, 6.45) is 3.24. The van der Waals surface area contributed by atoms with Crippen LogP contribution in [0.4, 0.5) is 5.69 Å². The molecule has 18 heavy (non-hydrogen) atoms. The van der Waals surface area contributed by atoms with Gasteiger partial charge < -0.3 is 10.6 Å². The van der Waals surface area contributed by atoms with Crippen molar-refractivity contribution in [3.63, 3.8) is 0 Å². The zero-order valence-electron chi connectivity index (χ0n) is 10.1. The average Bonchev–Trinajstić information content (AvgIpc) is 2.87. The lowest BCUT2D eigenvalue weighted by molar-refractivity contribution is -0.118. The van der Waals surface area contributed by atoms with Gasteiger partial charge in [-0.15, -0.1) is 11.3 Å². The van der Waals surface area contributed by atoms with Gasteiger partial charge in [0.2, 0.25) is 5.91 Å². The Labute approximate surface area is 110 Å². The summed E-state index contributed by atoms with van der Waals surface area (Å²) in [6.45, 7) is 0.946. The van der Waals surface area contributed by atoms with Crippen LogP contribution in [-0.4, -0.2) is 18.5 Å². The van der Waals surface area contributed by atoms with E-state index in [1.807, 2.05) is 12.1 Å². The highest BCUT2D eigenvalue weighted by atomic mass is 32.1. The van der Waals surface area contributed by atoms with Crippen molar-refractivity contribution < 1.29 is 4.79 Å². The van der Waals surface area contributed by atoms with Crippen molar-refractivity contribution in [2.45, 2.75) is 25.3 Å². The first-order valence-corrected chi connectivity index (χ1v) is 7.22. The van der Waals surface area contributed by atoms with Crippen LogP contribution in [0.15, 0.2) is 29.6 Å². The largest absolute Gasteiger partial charge is 0.325 e. The molecule has 2 heterocycles. The van der Waals surface area contributed by atoms with Gasteiger partial charge in [-0.05, 0) is 54.4 Å². The molecule has 2 aromatic rings. The minimum Gasteiger partial charge on any atom is -0.325 e. The number of anilines is 1. The van der Waals surface area contributed by atoms with Crippen molar-refractivity contribution >= 4 is 33.0 Å². The number of hydrogen-bond donors (Lipinski definition) is 2. The van der Waals surface area contributed by atoms with Gasteiger partial charge in [-0.3, -0.25) is 4.79 Å². The molecular formula is C14H16N2OS. The molecule has 1 aliphatic rings. The highest BCUT2D eigenvalue weighted by molar-refractivity contribution is 7.17. The van der Waals surface area contributed by atoms with E-state index in [4.69, 9.17) is 0 Å². The highest BCUT2D eigenvalue weighted by Crippen LogP contribution is 2.24. The van der Waals surface area contributed by atoms with Crippen molar-refractivity contribution in [1.82, 2.24) is 5.32 Å². The van der Waals surface area contributed by atoms with Gasteiger partial charge in [-0.2, -0.15) is 0 Å². The lowest BCUT2D eigenvalue weighted by Gasteiger charge is -2.22. The molecule has 1 amide bonds. The molecule has 94 valence electrons. The van der Waals surface area contributed by atoms with Crippen LogP contribution >= 0.6 is 11.3 Å². The van der Waals surface area contributed by atoms with Gasteiger partial charge in [0.15, 0.2) is 0 Å². The first-order valence-electron chi connectivity index (χ1n) is 6.34. The van der Waals surface area contributed by atoms with Crippen LogP contribution in [0.3, 0.4) is 0 Å². The van der Waals surface area contributed by atoms with Crippen LogP contribution in [0.25, 0.3) is 10.1 Å². The first kappa shape index (κ1) is 11.7. The minimum absolute atomic E-state index is 0.0306. The van der Waals surface area contributed by atoms with Gasteiger partial charge in [0.05, 0.1) is 6.04 Å². The molecule has 1 aliphatic heterocycles. The maximum atomic E-state index is 12.1. The highest BCUT2D eigenvalue weighted by Gasteiger charge is 2.20. The van der Waals surface area contributed by atoms with E-state index >= 15 is 0 Å². The van der Waals surface area contributed by atoms with Crippen LogP contribution < -0.4 is 10.6 Å². The molecule has 3 rings (SSSR count). The number of nitrogens with one attached hydrogen (secondary N) is 2. The van der Waals surface area contributed by atoms with E-state index in [-0.39, 0.29) is 11.9 Å². The van der Waals surface area contributed by atoms with E-state index in [1.54, 1.807) is 11.3 Å². The molecule has 1 atom stereocenters. The lowest BCUT2D eigenvalue weighted by Crippen LogP contribution is -2.43. The molecule has 2 N–H and O–H groups in total. The quantitative estimate of drug-likeness (QED) is 0.871. The summed E-state index contributed by atoms with van der Waals surface area (Å²) in [5, 5.41) is 9.52. The third kappa shape index (κ3) is 2.40. The van der Waals surface area contributed by atoms with E-state index in [0.717, 1.165) is 25.1 Å². The van der Waals surface area contributed by atoms with Crippen LogP contribution in [-0.2, 0) is 4.79 Å². The number of thiophene rings is 1. The van der Waals surface area contributed by atoms with Crippen LogP contribution in [0.1, 0.15) is 19.3 Å². The predicted molar refractivity (Wildman–Crippen MR) is 76.1 cm³/mol. The predicted octanol–water partition coefficient (Wildman–Crippen LogP) is 2.98. The average molecular weight is 260 g/mol. The fourth-order valence-electron chi connectivity index (χ4n) is 2.35. The Kier molecular flexibility index (Phi) is 3.30. The molecule has 3 nitrogen and oxygen atoms in total. The van der Waals surface area contributed by atoms with Crippen molar-refractivity contribution in [2.75, 3.05) is 11.9 Å². The fraction of sp³-hybridized carbons (Fsp3) is 0.357. The number of carbonyl (C=O) groups excluding carboxylic acids is 1. The fourth-order valence-corrected chi connectivity index (χ4v) is 3.12. The Morgan fingerprint density at radius 1 is 1.33 bits per heavy atom. The molecule has 0 aliphatic carbocycles. The van der Waals surface area contributed by atoms with Gasteiger partial charge in [0.25, 0.3) is 0 Å². The van der Waals surface area contributed by atoms with Gasteiger partial charge >= 0.3 is 0 Å². The standard InChI is InChI=1S/C14H16N2OS/c17-14(12-3-1-2-7-15-12)16-11-4-5-13-10(9-11)6-8-18-13/h4-6,8-9,12,15H,1-3,7H2,(H,16,17). The molecular weight excluding hydrogens is 244 g/mol. The van der Waals surface area contributed by atoms with E-state index in [2.05, 4.69) is 28.1 Å². The maximum absolute atomic E-state index is 12.1. The third-order valence-corrected chi connectivity index (χ3v) is 4.24. The summed E-state index contributed by atoms with van der Waals surface area (Å²) >= 11 is 1.72. The van der Waals surface area contributed by atoms with Crippen molar-refractivity contribution in [1.29, 1.82) is 0 Å². The second-order valence-electron chi connectivity index (χ2n) is 4.66. The Morgan fingerprint density at radius 2 is 2.28 bits per heavy atom. The molecule has 0 radical (unpaired) electrons. The lowest BCUT2D eigenvalue weighted by atomic mass is 10.0. The minimum atomic E-state index is -0.0306. The summed E-state index contributed by atoms with van der Waals surface area (Å²) in [7, 11) is 0. The molecule has 0 bridgehead atoms. The third-order valence-electron chi connectivity index (χ3n) is 3.35. The Balaban J connectivity index is 1.72. The molecule has 1 aromatic heterocycles. The Hall–Kier alpha value is -1.39. The van der Waals surface area contributed by atoms with Crippen LogP contribution in [0.2, 0.25) is 0 Å². The Morgan fingerprint density at radius 3 is 3.11 bits per heavy atom. The Bertz CT molecular complexity index is 558. The first-order chi connectivity index (χ1) is 8.83. The number of hydrogen-bond acceptors (Lipinski definition) is 3. The van der Waals surface area contributed by atoms with E-state index in [1.165, 1.54) is 16.5 Å². The summed E-state index contributed by atoms with van der Waals surface area (Å²) in [5.74, 6) is 0.0873. The molecule has 1 unspecified atom stereocenters. The van der Waals surface area contributed by atoms with Gasteiger partial charge in [-0.1, -0.05) is 6.42 Å². The van der Waals surface area contributed by atoms with Crippen LogP contribution in [0.5, 0.6) is 0 Å². The van der Waals surface area contributed by atoms with Crippen molar-refractivity contribution in [2.24, 2.45) is 0 Å². The molecule has 0 saturated carbocycles. The van der Waals surface area contributed by atoms with E-state index in [0.29, 0.717) is 0 Å². The van der Waals surface area contributed by atoms with Crippen LogP contribution in [0, 0.1) is 0 Å². The van der Waals surface area contributed by atoms with Crippen molar-refractivity contribution in [3.8, 4) is 0 Å². The summed E-state index contributed by atoms with van der Waals surface area (Å²) in [4.78, 5) is 12.1. The normalized spacial score (nSPS) is 19.9. The van der Waals surface area contributed by atoms with Gasteiger partial charge in [0, 0.05) is 10.4 Å². The summed E-state index contributed by atoms with van der Waals surface area (Å²) < 4.78 is 1.25. The number of rotatable bonds is 2. The van der Waals surface area contributed by atoms with Gasteiger partial charge in [-0.25, -0.2) is 0 Å². The number of piperidine rings is 1. The molecule has 0 spiro atoms. The molecule has 1 aromatic carbocycles. The summed E-state index contributed by atoms with van der Waals surface area (Å²) in [5.41, 5.74) is 0.887. The van der Waals surface area contributed by atoms with Crippen molar-refractivity contribution in [3.05, 3.63) is 29.6 Å². The van der Waals surface area contributed by atoms with E-state index in [9.17, 15) is 4.79 Å². The topological polar surface area (TPSA) is 41.1 Å². The van der Waals surface area contributed by atoms with Gasteiger partial charge in [0.1, 0.15) is 0 Å². The molecule has 1 saturated heterocycles. The smallest absolute Gasteiger partial charge is 0.241 e. The van der Waals surface area contributed by atoms with E-state index < -0.39 is 0 Å². The number of fused-ring (bicyclic) bond motifs is 1. The molecule has 4 heteroatoms. The zero-order valence-corrected chi connectivity index (χ0v) is 10.9. The molecule has 1 fully saturated rings. The monoisotopic (exact) mass is 260 g/mol. The number of amides is 1. The SMILES string of the molecule is O=C(Nc1ccc2sccc2c1)C1CCCCN1. The summed E-state index contributed by atoms with van der Waals surface area (Å²) in [6, 6.07) is 8.11. The number of carbonyl (C=O) groups is 1. The maximum Gasteiger partial charge on any atom is 0.241 e. The zero-order chi connectivity index (χ0) is 12.4. The second-order valence-corrected chi connectivity index (χ2v) is 5.61. The second kappa shape index (κ2) is 5.08.